The lowest BCUT2D eigenvalue weighted by atomic mass is 9.85. The zero-order chi connectivity index (χ0) is 14.6. The molecule has 4 nitrogen and oxygen atoms in total. The Balaban J connectivity index is 2.70. The summed E-state index contributed by atoms with van der Waals surface area (Å²) in [5, 5.41) is 11.6. The van der Waals surface area contributed by atoms with Crippen molar-refractivity contribution in [1.29, 1.82) is 0 Å². The van der Waals surface area contributed by atoms with Crippen LogP contribution in [0.4, 0.5) is 5.69 Å². The largest absolute Gasteiger partial charge is 0.481 e. The summed E-state index contributed by atoms with van der Waals surface area (Å²) in [7, 11) is 0. The van der Waals surface area contributed by atoms with Crippen LogP contribution in [0.1, 0.15) is 26.7 Å². The first-order chi connectivity index (χ1) is 8.69. The van der Waals surface area contributed by atoms with Crippen molar-refractivity contribution in [3.05, 3.63) is 27.1 Å². The van der Waals surface area contributed by atoms with Crippen molar-refractivity contribution in [2.24, 2.45) is 5.41 Å². The standard InChI is InChI=1S/C13H15Br2NO3/c1-13(2,7-12(18)19)6-11(17)16-10-5-8(14)3-4-9(10)15/h3-5H,6-7H2,1-2H3,(H,16,17)(H,18,19). The van der Waals surface area contributed by atoms with E-state index in [2.05, 4.69) is 37.2 Å². The molecule has 0 fully saturated rings. The highest BCUT2D eigenvalue weighted by Crippen LogP contribution is 2.29. The van der Waals surface area contributed by atoms with Crippen LogP contribution in [-0.2, 0) is 9.59 Å². The minimum absolute atomic E-state index is 0.0416. The lowest BCUT2D eigenvalue weighted by Crippen LogP contribution is -2.24. The molecule has 19 heavy (non-hydrogen) atoms. The van der Waals surface area contributed by atoms with E-state index >= 15 is 0 Å². The molecule has 0 aliphatic rings. The van der Waals surface area contributed by atoms with Crippen LogP contribution in [0.15, 0.2) is 27.1 Å². The second-order valence-electron chi connectivity index (χ2n) is 5.08. The maximum Gasteiger partial charge on any atom is 0.303 e. The highest BCUT2D eigenvalue weighted by Gasteiger charge is 2.25. The van der Waals surface area contributed by atoms with E-state index in [4.69, 9.17) is 5.11 Å². The van der Waals surface area contributed by atoms with E-state index < -0.39 is 11.4 Å². The summed E-state index contributed by atoms with van der Waals surface area (Å²) < 4.78 is 1.64. The molecule has 0 saturated carbocycles. The zero-order valence-electron chi connectivity index (χ0n) is 10.7. The lowest BCUT2D eigenvalue weighted by molar-refractivity contribution is -0.139. The number of carbonyl (C=O) groups excluding carboxylic acids is 1. The molecule has 0 radical (unpaired) electrons. The van der Waals surface area contributed by atoms with Gasteiger partial charge in [-0.3, -0.25) is 9.59 Å². The second kappa shape index (κ2) is 6.52. The summed E-state index contributed by atoms with van der Waals surface area (Å²) in [5.41, 5.74) is 0.0829. The van der Waals surface area contributed by atoms with Crippen LogP contribution in [0.25, 0.3) is 0 Å². The smallest absolute Gasteiger partial charge is 0.303 e. The van der Waals surface area contributed by atoms with Gasteiger partial charge in [-0.2, -0.15) is 0 Å². The molecule has 0 atom stereocenters. The maximum absolute atomic E-state index is 11.9. The van der Waals surface area contributed by atoms with Crippen LogP contribution in [0.3, 0.4) is 0 Å². The number of halogens is 2. The minimum atomic E-state index is -0.901. The van der Waals surface area contributed by atoms with Gasteiger partial charge in [0.1, 0.15) is 0 Å². The molecule has 0 heterocycles. The number of aliphatic carboxylic acids is 1. The first-order valence-electron chi connectivity index (χ1n) is 5.66. The number of carboxylic acids is 1. The quantitative estimate of drug-likeness (QED) is 0.794. The Morgan fingerprint density at radius 2 is 1.89 bits per heavy atom. The second-order valence-corrected chi connectivity index (χ2v) is 6.85. The molecule has 0 aliphatic heterocycles. The van der Waals surface area contributed by atoms with E-state index in [-0.39, 0.29) is 18.7 Å². The van der Waals surface area contributed by atoms with Gasteiger partial charge in [-0.1, -0.05) is 29.8 Å². The van der Waals surface area contributed by atoms with Crippen molar-refractivity contribution in [2.75, 3.05) is 5.32 Å². The van der Waals surface area contributed by atoms with Gasteiger partial charge in [0.15, 0.2) is 0 Å². The summed E-state index contributed by atoms with van der Waals surface area (Å²) in [6.45, 7) is 3.52. The van der Waals surface area contributed by atoms with Crippen LogP contribution in [0.5, 0.6) is 0 Å². The van der Waals surface area contributed by atoms with Crippen LogP contribution in [0, 0.1) is 5.41 Å². The van der Waals surface area contributed by atoms with Crippen molar-refractivity contribution in [3.63, 3.8) is 0 Å². The zero-order valence-corrected chi connectivity index (χ0v) is 13.8. The van der Waals surface area contributed by atoms with E-state index in [0.717, 1.165) is 8.95 Å². The molecule has 0 spiro atoms. The van der Waals surface area contributed by atoms with Gasteiger partial charge in [0.2, 0.25) is 5.91 Å². The summed E-state index contributed by atoms with van der Waals surface area (Å²) in [6, 6.07) is 5.46. The molecule has 0 saturated heterocycles. The Bertz CT molecular complexity index is 501. The molecule has 1 aromatic carbocycles. The van der Waals surface area contributed by atoms with E-state index in [0.29, 0.717) is 5.69 Å². The van der Waals surface area contributed by atoms with Crippen LogP contribution in [-0.4, -0.2) is 17.0 Å². The van der Waals surface area contributed by atoms with Gasteiger partial charge in [0, 0.05) is 15.4 Å². The summed E-state index contributed by atoms with van der Waals surface area (Å²) in [4.78, 5) is 22.6. The van der Waals surface area contributed by atoms with Crippen molar-refractivity contribution in [3.8, 4) is 0 Å². The predicted octanol–water partition coefficient (Wildman–Crippen LogP) is 4.04. The number of amides is 1. The van der Waals surface area contributed by atoms with Gasteiger partial charge in [0.25, 0.3) is 0 Å². The molecule has 0 unspecified atom stereocenters. The Morgan fingerprint density at radius 1 is 1.26 bits per heavy atom. The van der Waals surface area contributed by atoms with Crippen LogP contribution in [0.2, 0.25) is 0 Å². The Hall–Kier alpha value is -0.880. The third-order valence-corrected chi connectivity index (χ3v) is 3.66. The molecule has 1 aromatic rings. The van der Waals surface area contributed by atoms with Crippen LogP contribution < -0.4 is 5.32 Å². The number of carboxylic acid groups (broad SMARTS) is 1. The molecule has 2 N–H and O–H groups in total. The molecular weight excluding hydrogens is 378 g/mol. The summed E-state index contributed by atoms with van der Waals surface area (Å²) in [5.74, 6) is -1.11. The molecule has 104 valence electrons. The minimum Gasteiger partial charge on any atom is -0.481 e. The number of benzene rings is 1. The summed E-state index contributed by atoms with van der Waals surface area (Å²) >= 11 is 6.68. The Kier molecular flexibility index (Phi) is 5.55. The van der Waals surface area contributed by atoms with E-state index in [1.807, 2.05) is 12.1 Å². The topological polar surface area (TPSA) is 66.4 Å². The highest BCUT2D eigenvalue weighted by molar-refractivity contribution is 9.11. The fraction of sp³-hybridized carbons (Fsp3) is 0.385. The molecule has 0 aliphatic carbocycles. The monoisotopic (exact) mass is 391 g/mol. The fourth-order valence-electron chi connectivity index (χ4n) is 1.69. The number of carbonyl (C=O) groups is 2. The predicted molar refractivity (Wildman–Crippen MR) is 81.1 cm³/mol. The molecule has 1 amide bonds. The van der Waals surface area contributed by atoms with Crippen molar-refractivity contribution < 1.29 is 14.7 Å². The number of hydrogen-bond acceptors (Lipinski definition) is 2. The first-order valence-corrected chi connectivity index (χ1v) is 7.25. The third-order valence-electron chi connectivity index (χ3n) is 2.47. The van der Waals surface area contributed by atoms with Crippen molar-refractivity contribution >= 4 is 49.4 Å². The van der Waals surface area contributed by atoms with Gasteiger partial charge >= 0.3 is 5.97 Å². The van der Waals surface area contributed by atoms with Crippen molar-refractivity contribution in [2.45, 2.75) is 26.7 Å². The first kappa shape index (κ1) is 16.2. The van der Waals surface area contributed by atoms with E-state index in [1.165, 1.54) is 0 Å². The van der Waals surface area contributed by atoms with E-state index in [9.17, 15) is 9.59 Å². The Labute approximate surface area is 128 Å². The van der Waals surface area contributed by atoms with Gasteiger partial charge in [-0.05, 0) is 39.5 Å². The van der Waals surface area contributed by atoms with Crippen molar-refractivity contribution in [1.82, 2.24) is 0 Å². The van der Waals surface area contributed by atoms with Gasteiger partial charge in [-0.15, -0.1) is 0 Å². The third kappa shape index (κ3) is 5.74. The fourth-order valence-corrected chi connectivity index (χ4v) is 2.40. The SMILES string of the molecule is CC(C)(CC(=O)O)CC(=O)Nc1cc(Br)ccc1Br. The Morgan fingerprint density at radius 3 is 2.47 bits per heavy atom. The maximum atomic E-state index is 11.9. The van der Waals surface area contributed by atoms with Crippen LogP contribution >= 0.6 is 31.9 Å². The number of anilines is 1. The normalized spacial score (nSPS) is 11.2. The molecule has 1 rings (SSSR count). The van der Waals surface area contributed by atoms with Gasteiger partial charge < -0.3 is 10.4 Å². The molecule has 0 bridgehead atoms. The van der Waals surface area contributed by atoms with Gasteiger partial charge in [-0.25, -0.2) is 0 Å². The van der Waals surface area contributed by atoms with Gasteiger partial charge in [0.05, 0.1) is 12.1 Å². The number of nitrogens with one attached hydrogen (secondary N) is 1. The number of rotatable bonds is 5. The lowest BCUT2D eigenvalue weighted by Gasteiger charge is -2.21. The highest BCUT2D eigenvalue weighted by atomic mass is 79.9. The molecular formula is C13H15Br2NO3. The molecule has 0 aromatic heterocycles. The average molecular weight is 393 g/mol. The molecule has 6 heteroatoms. The van der Waals surface area contributed by atoms with E-state index in [1.54, 1.807) is 19.9 Å². The number of hydrogen-bond donors (Lipinski definition) is 2. The average Bonchev–Trinajstić information content (AvgIpc) is 2.20. The summed E-state index contributed by atoms with van der Waals surface area (Å²) in [6.07, 6.45) is 0.109.